The van der Waals surface area contributed by atoms with Gasteiger partial charge in [0.15, 0.2) is 12.4 Å². The number of hydrogen-bond acceptors (Lipinski definition) is 11. The molecule has 1 fully saturated rings. The minimum atomic E-state index is -4.60. The van der Waals surface area contributed by atoms with Gasteiger partial charge in [-0.25, -0.2) is 0 Å². The van der Waals surface area contributed by atoms with Gasteiger partial charge in [-0.05, 0) is 38.5 Å². The zero-order valence-electron chi connectivity index (χ0n) is 33.6. The first-order chi connectivity index (χ1) is 26.0. The first-order valence-corrected chi connectivity index (χ1v) is 22.9. The second-order valence-corrected chi connectivity index (χ2v) is 16.5. The number of rotatable bonds is 35. The van der Waals surface area contributed by atoms with Crippen LogP contribution in [0.1, 0.15) is 181 Å². The molecule has 1 aliphatic rings. The Morgan fingerprint density at radius 3 is 1.54 bits per heavy atom. The lowest BCUT2D eigenvalue weighted by Crippen LogP contribution is -2.60. The fraction of sp³-hybridized carbons (Fsp3) is 0.902. The van der Waals surface area contributed by atoms with Crippen molar-refractivity contribution in [3.8, 4) is 0 Å². The molecule has 0 radical (unpaired) electrons. The summed E-state index contributed by atoms with van der Waals surface area (Å²) in [5.74, 6) is -1.99. The molecule has 0 bridgehead atoms. The van der Waals surface area contributed by atoms with Gasteiger partial charge >= 0.3 is 11.9 Å². The Morgan fingerprint density at radius 1 is 0.611 bits per heavy atom. The summed E-state index contributed by atoms with van der Waals surface area (Å²) < 4.78 is 53.9. The average Bonchev–Trinajstić information content (AvgIpc) is 3.13. The number of unbranched alkanes of at least 4 members (excludes halogenated alkanes) is 21. The number of ether oxygens (including phenoxy) is 4. The van der Waals surface area contributed by atoms with E-state index >= 15 is 0 Å². The van der Waals surface area contributed by atoms with Crippen LogP contribution in [0.4, 0.5) is 0 Å². The van der Waals surface area contributed by atoms with Crippen LogP contribution in [0.5, 0.6) is 0 Å². The molecule has 1 aliphatic heterocycles. The van der Waals surface area contributed by atoms with E-state index in [4.69, 9.17) is 18.9 Å². The standard InChI is InChI=1S/C41H76O12S/c1-3-5-7-9-11-13-15-17-18-20-22-24-26-28-30-37(43)52-34(32-51-41-40(46)39(45)38(44)35(53-41)33-54(47,48)49)31-50-36(42)29-27-25-23-21-19-16-14-12-10-8-6-4-2/h15,17,34-35,38-41,44-46H,3-14,16,18-33H2,1-2H3,(H,47,48,49)/b17-15+/t34-,35-,38-,39?,40?,41+/m1/s1. The van der Waals surface area contributed by atoms with Gasteiger partial charge in [0.2, 0.25) is 0 Å². The fourth-order valence-electron chi connectivity index (χ4n) is 6.49. The minimum absolute atomic E-state index is 0.158. The van der Waals surface area contributed by atoms with Crippen LogP contribution in [-0.2, 0) is 38.7 Å². The molecule has 6 atom stereocenters. The maximum absolute atomic E-state index is 12.8. The summed E-state index contributed by atoms with van der Waals surface area (Å²) in [5, 5.41) is 30.8. The van der Waals surface area contributed by atoms with Crippen LogP contribution < -0.4 is 0 Å². The molecular formula is C41H76O12S. The predicted molar refractivity (Wildman–Crippen MR) is 210 cm³/mol. The molecule has 0 amide bonds. The van der Waals surface area contributed by atoms with Crippen molar-refractivity contribution in [2.75, 3.05) is 19.0 Å². The maximum atomic E-state index is 12.8. The molecule has 54 heavy (non-hydrogen) atoms. The van der Waals surface area contributed by atoms with E-state index in [0.717, 1.165) is 57.8 Å². The molecule has 0 spiro atoms. The molecule has 0 aliphatic carbocycles. The van der Waals surface area contributed by atoms with E-state index in [2.05, 4.69) is 26.0 Å². The van der Waals surface area contributed by atoms with Crippen LogP contribution in [0.25, 0.3) is 0 Å². The summed E-state index contributed by atoms with van der Waals surface area (Å²) in [6.45, 7) is 3.73. The Balaban J connectivity index is 2.49. The number of allylic oxidation sites excluding steroid dienone is 2. The topological polar surface area (TPSA) is 186 Å². The van der Waals surface area contributed by atoms with Crippen molar-refractivity contribution >= 4 is 22.1 Å². The van der Waals surface area contributed by atoms with Crippen molar-refractivity contribution < 1.29 is 56.8 Å². The lowest BCUT2D eigenvalue weighted by atomic mass is 10.00. The van der Waals surface area contributed by atoms with Gasteiger partial charge in [0.1, 0.15) is 36.8 Å². The van der Waals surface area contributed by atoms with Crippen molar-refractivity contribution in [1.82, 2.24) is 0 Å². The molecular weight excluding hydrogens is 717 g/mol. The van der Waals surface area contributed by atoms with Gasteiger partial charge in [0, 0.05) is 12.8 Å². The zero-order valence-corrected chi connectivity index (χ0v) is 34.4. The van der Waals surface area contributed by atoms with E-state index in [-0.39, 0.29) is 19.4 Å². The van der Waals surface area contributed by atoms with E-state index in [1.165, 1.54) is 83.5 Å². The Hall–Kier alpha value is -1.61. The SMILES string of the molecule is CCCCCCC/C=C/CCCCCCCC(=O)O[C@H](COC(=O)CCCCCCCCCCCCCC)CO[C@H]1O[C@H](CS(=O)(=O)O)[C@@H](O)C(O)C1O. The van der Waals surface area contributed by atoms with Gasteiger partial charge in [0.05, 0.1) is 6.61 Å². The van der Waals surface area contributed by atoms with Gasteiger partial charge in [-0.3, -0.25) is 14.1 Å². The normalized spacial score (nSPS) is 21.0. The minimum Gasteiger partial charge on any atom is -0.462 e. The number of esters is 2. The molecule has 0 aromatic heterocycles. The third kappa shape index (κ3) is 27.1. The maximum Gasteiger partial charge on any atom is 0.306 e. The second kappa shape index (κ2) is 32.5. The Labute approximate surface area is 326 Å². The third-order valence-electron chi connectivity index (χ3n) is 9.85. The van der Waals surface area contributed by atoms with Crippen molar-refractivity contribution in [2.24, 2.45) is 0 Å². The zero-order chi connectivity index (χ0) is 39.9. The molecule has 13 heteroatoms. The number of aliphatic hydroxyl groups is 3. The highest BCUT2D eigenvalue weighted by atomic mass is 32.2. The molecule has 1 rings (SSSR count). The second-order valence-electron chi connectivity index (χ2n) is 15.0. The molecule has 318 valence electrons. The van der Waals surface area contributed by atoms with Crippen LogP contribution in [0, 0.1) is 0 Å². The number of aliphatic hydroxyl groups excluding tert-OH is 3. The Morgan fingerprint density at radius 2 is 1.06 bits per heavy atom. The van der Waals surface area contributed by atoms with Gasteiger partial charge < -0.3 is 34.3 Å². The van der Waals surface area contributed by atoms with E-state index in [0.29, 0.717) is 12.8 Å². The molecule has 0 aromatic carbocycles. The van der Waals surface area contributed by atoms with E-state index in [9.17, 15) is 37.9 Å². The molecule has 1 heterocycles. The highest BCUT2D eigenvalue weighted by molar-refractivity contribution is 7.85. The summed E-state index contributed by atoms with van der Waals surface area (Å²) in [7, 11) is -4.60. The highest BCUT2D eigenvalue weighted by Crippen LogP contribution is 2.24. The van der Waals surface area contributed by atoms with Crippen LogP contribution >= 0.6 is 0 Å². The van der Waals surface area contributed by atoms with Crippen molar-refractivity contribution in [3.63, 3.8) is 0 Å². The Bertz CT molecular complexity index is 1070. The molecule has 0 aromatic rings. The summed E-state index contributed by atoms with van der Waals surface area (Å²) in [4.78, 5) is 25.3. The fourth-order valence-corrected chi connectivity index (χ4v) is 7.19. The van der Waals surface area contributed by atoms with E-state index in [1.807, 2.05) is 0 Å². The smallest absolute Gasteiger partial charge is 0.306 e. The molecule has 1 saturated heterocycles. The van der Waals surface area contributed by atoms with E-state index < -0.39 is 71.2 Å². The van der Waals surface area contributed by atoms with Gasteiger partial charge in [-0.1, -0.05) is 142 Å². The first-order valence-electron chi connectivity index (χ1n) is 21.2. The van der Waals surface area contributed by atoms with Gasteiger partial charge in [-0.2, -0.15) is 8.42 Å². The van der Waals surface area contributed by atoms with Gasteiger partial charge in [-0.15, -0.1) is 0 Å². The molecule has 0 saturated carbocycles. The van der Waals surface area contributed by atoms with Crippen LogP contribution in [0.15, 0.2) is 12.2 Å². The lowest BCUT2D eigenvalue weighted by molar-refractivity contribution is -0.297. The quantitative estimate of drug-likeness (QED) is 0.0211. The average molecular weight is 793 g/mol. The summed E-state index contributed by atoms with van der Waals surface area (Å²) in [6.07, 6.45) is 22.6. The van der Waals surface area contributed by atoms with Crippen LogP contribution in [0.3, 0.4) is 0 Å². The van der Waals surface area contributed by atoms with Crippen molar-refractivity contribution in [1.29, 1.82) is 0 Å². The number of carbonyl (C=O) groups excluding carboxylic acids is 2. The van der Waals surface area contributed by atoms with Crippen LogP contribution in [0.2, 0.25) is 0 Å². The molecule has 4 N–H and O–H groups in total. The molecule has 12 nitrogen and oxygen atoms in total. The third-order valence-corrected chi connectivity index (χ3v) is 10.6. The highest BCUT2D eigenvalue weighted by Gasteiger charge is 2.46. The van der Waals surface area contributed by atoms with Gasteiger partial charge in [0.25, 0.3) is 10.1 Å². The largest absolute Gasteiger partial charge is 0.462 e. The molecule has 2 unspecified atom stereocenters. The Kier molecular flexibility index (Phi) is 30.3. The summed E-state index contributed by atoms with van der Waals surface area (Å²) in [5.41, 5.74) is 0. The number of carbonyl (C=O) groups is 2. The monoisotopic (exact) mass is 793 g/mol. The van der Waals surface area contributed by atoms with Crippen LogP contribution in [-0.4, -0.2) is 96.0 Å². The van der Waals surface area contributed by atoms with E-state index in [1.54, 1.807) is 0 Å². The number of hydrogen-bond donors (Lipinski definition) is 4. The first kappa shape index (κ1) is 50.4. The predicted octanol–water partition coefficient (Wildman–Crippen LogP) is 7.89. The summed E-state index contributed by atoms with van der Waals surface area (Å²) in [6, 6.07) is 0. The lowest BCUT2D eigenvalue weighted by Gasteiger charge is -2.40. The van der Waals surface area contributed by atoms with Crippen molar-refractivity contribution in [2.45, 2.75) is 218 Å². The van der Waals surface area contributed by atoms with Crippen molar-refractivity contribution in [3.05, 3.63) is 12.2 Å². The summed E-state index contributed by atoms with van der Waals surface area (Å²) >= 11 is 0.